The summed E-state index contributed by atoms with van der Waals surface area (Å²) in [6.07, 6.45) is 2.03. The van der Waals surface area contributed by atoms with E-state index in [2.05, 4.69) is 39.8 Å². The second kappa shape index (κ2) is 3.89. The molecule has 0 radical (unpaired) electrons. The first-order valence-electron chi connectivity index (χ1n) is 5.91. The molecule has 16 heavy (non-hydrogen) atoms. The van der Waals surface area contributed by atoms with Crippen molar-refractivity contribution in [1.82, 2.24) is 0 Å². The fourth-order valence-electron chi connectivity index (χ4n) is 2.07. The van der Waals surface area contributed by atoms with E-state index >= 15 is 0 Å². The summed E-state index contributed by atoms with van der Waals surface area (Å²) >= 11 is 0. The van der Waals surface area contributed by atoms with Crippen molar-refractivity contribution in [1.29, 1.82) is 0 Å². The second-order valence-corrected chi connectivity index (χ2v) is 5.08. The van der Waals surface area contributed by atoms with Crippen LogP contribution in [-0.4, -0.2) is 5.78 Å². The third kappa shape index (κ3) is 1.71. The molecule has 0 unspecified atom stereocenters. The number of carbonyl (C=O) groups is 1. The van der Waals surface area contributed by atoms with Crippen molar-refractivity contribution in [3.05, 3.63) is 40.5 Å². The van der Waals surface area contributed by atoms with Gasteiger partial charge >= 0.3 is 0 Å². The van der Waals surface area contributed by atoms with Gasteiger partial charge in [0.15, 0.2) is 5.78 Å². The van der Waals surface area contributed by atoms with E-state index in [1.54, 1.807) is 0 Å². The van der Waals surface area contributed by atoms with E-state index in [0.717, 1.165) is 16.7 Å². The predicted molar refractivity (Wildman–Crippen MR) is 67.7 cm³/mol. The molecule has 0 heterocycles. The second-order valence-electron chi connectivity index (χ2n) is 5.08. The van der Waals surface area contributed by atoms with Crippen LogP contribution in [0.15, 0.2) is 23.8 Å². The topological polar surface area (TPSA) is 17.1 Å². The van der Waals surface area contributed by atoms with Crippen LogP contribution in [0.2, 0.25) is 0 Å². The highest BCUT2D eigenvalue weighted by Crippen LogP contribution is 2.31. The Bertz CT molecular complexity index is 464. The summed E-state index contributed by atoms with van der Waals surface area (Å²) in [5.41, 5.74) is 4.15. The Morgan fingerprint density at radius 3 is 2.25 bits per heavy atom. The van der Waals surface area contributed by atoms with Crippen molar-refractivity contribution >= 4 is 11.9 Å². The van der Waals surface area contributed by atoms with Crippen LogP contribution < -0.4 is 0 Å². The van der Waals surface area contributed by atoms with Gasteiger partial charge in [-0.05, 0) is 35.1 Å². The zero-order valence-corrected chi connectivity index (χ0v) is 10.4. The zero-order valence-electron chi connectivity index (χ0n) is 10.4. The average Bonchev–Trinajstić information content (AvgIpc) is 2.56. The zero-order chi connectivity index (χ0) is 11.9. The average molecular weight is 214 g/mol. The highest BCUT2D eigenvalue weighted by Gasteiger charge is 2.24. The molecule has 0 bridgehead atoms. The molecular formula is C15H18O. The Balaban J connectivity index is 2.45. The lowest BCUT2D eigenvalue weighted by Crippen LogP contribution is -2.04. The first-order chi connectivity index (χ1) is 7.50. The minimum absolute atomic E-state index is 0.215. The van der Waals surface area contributed by atoms with Gasteiger partial charge in [0.2, 0.25) is 0 Å². The number of carbonyl (C=O) groups excluding carboxylic acids is 1. The molecule has 84 valence electrons. The van der Waals surface area contributed by atoms with Crippen molar-refractivity contribution < 1.29 is 4.79 Å². The van der Waals surface area contributed by atoms with Crippen molar-refractivity contribution in [2.45, 2.75) is 33.6 Å². The van der Waals surface area contributed by atoms with Crippen LogP contribution in [0.4, 0.5) is 0 Å². The Morgan fingerprint density at radius 2 is 1.69 bits per heavy atom. The summed E-state index contributed by atoms with van der Waals surface area (Å²) in [5.74, 6) is 0.996. The quantitative estimate of drug-likeness (QED) is 0.726. The number of hydrogen-bond acceptors (Lipinski definition) is 1. The SMILES string of the molecule is CC(C)C1=Cc2ccc(C(C)C)cc2C1=O. The van der Waals surface area contributed by atoms with Crippen LogP contribution in [0, 0.1) is 5.92 Å². The van der Waals surface area contributed by atoms with Gasteiger partial charge in [-0.25, -0.2) is 0 Å². The molecule has 2 rings (SSSR count). The molecule has 1 aliphatic rings. The number of hydrogen-bond donors (Lipinski definition) is 0. The summed E-state index contributed by atoms with van der Waals surface area (Å²) in [6.45, 7) is 8.44. The van der Waals surface area contributed by atoms with Crippen LogP contribution >= 0.6 is 0 Å². The number of benzene rings is 1. The normalized spacial score (nSPS) is 14.6. The van der Waals surface area contributed by atoms with Gasteiger partial charge in [-0.1, -0.05) is 39.8 Å². The van der Waals surface area contributed by atoms with Crippen molar-refractivity contribution in [3.63, 3.8) is 0 Å². The number of rotatable bonds is 2. The van der Waals surface area contributed by atoms with Crippen LogP contribution in [0.1, 0.15) is 55.1 Å². The lowest BCUT2D eigenvalue weighted by atomic mass is 9.96. The van der Waals surface area contributed by atoms with Gasteiger partial charge in [-0.15, -0.1) is 0 Å². The Labute approximate surface area is 97.2 Å². The van der Waals surface area contributed by atoms with Gasteiger partial charge in [0.25, 0.3) is 0 Å². The smallest absolute Gasteiger partial charge is 0.189 e. The van der Waals surface area contributed by atoms with Gasteiger partial charge < -0.3 is 0 Å². The number of ketones is 1. The van der Waals surface area contributed by atoms with E-state index in [1.807, 2.05) is 12.1 Å². The molecule has 0 aliphatic heterocycles. The minimum atomic E-state index is 0.215. The van der Waals surface area contributed by atoms with Gasteiger partial charge in [-0.3, -0.25) is 4.79 Å². The lowest BCUT2D eigenvalue weighted by molar-refractivity contribution is 0.103. The first-order valence-corrected chi connectivity index (χ1v) is 5.91. The standard InChI is InChI=1S/C15H18O/c1-9(2)11-5-6-12-8-13(10(3)4)15(16)14(12)7-11/h5-10H,1-4H3. The van der Waals surface area contributed by atoms with Gasteiger partial charge in [0, 0.05) is 11.1 Å². The number of allylic oxidation sites excluding steroid dienone is 1. The molecule has 0 saturated carbocycles. The predicted octanol–water partition coefficient (Wildman–Crippen LogP) is 4.05. The van der Waals surface area contributed by atoms with E-state index in [4.69, 9.17) is 0 Å². The van der Waals surface area contributed by atoms with Crippen LogP contribution in [0.5, 0.6) is 0 Å². The van der Waals surface area contributed by atoms with E-state index in [9.17, 15) is 4.79 Å². The van der Waals surface area contributed by atoms with Crippen molar-refractivity contribution in [3.8, 4) is 0 Å². The van der Waals surface area contributed by atoms with Gasteiger partial charge in [0.05, 0.1) is 0 Å². The van der Waals surface area contributed by atoms with Crippen LogP contribution in [0.3, 0.4) is 0 Å². The summed E-state index contributed by atoms with van der Waals surface area (Å²) in [6, 6.07) is 6.24. The van der Waals surface area contributed by atoms with E-state index in [-0.39, 0.29) is 5.78 Å². The molecule has 1 aromatic rings. The Kier molecular flexibility index (Phi) is 2.71. The highest BCUT2D eigenvalue weighted by atomic mass is 16.1. The van der Waals surface area contributed by atoms with E-state index in [1.165, 1.54) is 5.56 Å². The molecule has 1 aromatic carbocycles. The molecule has 0 atom stereocenters. The summed E-state index contributed by atoms with van der Waals surface area (Å²) in [4.78, 5) is 12.1. The Morgan fingerprint density at radius 1 is 1.00 bits per heavy atom. The maximum absolute atomic E-state index is 12.1. The van der Waals surface area contributed by atoms with Gasteiger partial charge in [0.1, 0.15) is 0 Å². The van der Waals surface area contributed by atoms with Crippen LogP contribution in [0.25, 0.3) is 6.08 Å². The molecule has 0 spiro atoms. The highest BCUT2D eigenvalue weighted by molar-refractivity contribution is 6.18. The molecular weight excluding hydrogens is 196 g/mol. The summed E-state index contributed by atoms with van der Waals surface area (Å²) in [7, 11) is 0. The molecule has 0 aromatic heterocycles. The molecule has 0 saturated heterocycles. The monoisotopic (exact) mass is 214 g/mol. The molecule has 0 fully saturated rings. The maximum atomic E-state index is 12.1. The number of Topliss-reactive ketones (excluding diaryl/α,β-unsaturated/α-hetero) is 1. The summed E-state index contributed by atoms with van der Waals surface area (Å²) < 4.78 is 0. The first kappa shape index (κ1) is 11.1. The van der Waals surface area contributed by atoms with Gasteiger partial charge in [-0.2, -0.15) is 0 Å². The Hall–Kier alpha value is -1.37. The van der Waals surface area contributed by atoms with Crippen LogP contribution in [-0.2, 0) is 0 Å². The third-order valence-electron chi connectivity index (χ3n) is 3.18. The molecule has 1 heteroatoms. The largest absolute Gasteiger partial charge is 0.289 e. The number of fused-ring (bicyclic) bond motifs is 1. The van der Waals surface area contributed by atoms with Crippen molar-refractivity contribution in [2.75, 3.05) is 0 Å². The maximum Gasteiger partial charge on any atom is 0.189 e. The fraction of sp³-hybridized carbons (Fsp3) is 0.400. The third-order valence-corrected chi connectivity index (χ3v) is 3.18. The fourth-order valence-corrected chi connectivity index (χ4v) is 2.07. The molecule has 0 amide bonds. The molecule has 1 nitrogen and oxygen atoms in total. The summed E-state index contributed by atoms with van der Waals surface area (Å²) in [5, 5.41) is 0. The lowest BCUT2D eigenvalue weighted by Gasteiger charge is -2.07. The molecule has 0 N–H and O–H groups in total. The van der Waals surface area contributed by atoms with Crippen molar-refractivity contribution in [2.24, 2.45) is 5.92 Å². The van der Waals surface area contributed by atoms with E-state index < -0.39 is 0 Å². The van der Waals surface area contributed by atoms with E-state index in [0.29, 0.717) is 11.8 Å². The molecule has 1 aliphatic carbocycles. The minimum Gasteiger partial charge on any atom is -0.289 e.